The van der Waals surface area contributed by atoms with E-state index in [0.717, 1.165) is 10.9 Å². The third kappa shape index (κ3) is 2.63. The quantitative estimate of drug-likeness (QED) is 0.730. The largest absolute Gasteiger partial charge is 0.399 e. The predicted octanol–water partition coefficient (Wildman–Crippen LogP) is 2.96. The molecule has 3 aromatic rings. The average Bonchev–Trinajstić information content (AvgIpc) is 2.91. The number of fused-ring (bicyclic) bond motifs is 1. The molecule has 1 aromatic heterocycles. The van der Waals surface area contributed by atoms with Crippen molar-refractivity contribution in [1.29, 1.82) is 0 Å². The van der Waals surface area contributed by atoms with Crippen molar-refractivity contribution < 1.29 is 9.18 Å². The summed E-state index contributed by atoms with van der Waals surface area (Å²) in [5, 5.41) is 7.90. The fourth-order valence-electron chi connectivity index (χ4n) is 2.25. The molecule has 1 unspecified atom stereocenters. The molecule has 0 saturated heterocycles. The molecule has 0 aliphatic heterocycles. The Morgan fingerprint density at radius 2 is 2.00 bits per heavy atom. The minimum absolute atomic E-state index is 0.237. The molecule has 2 aromatic carbocycles. The highest BCUT2D eigenvalue weighted by Gasteiger charge is 2.18. The Morgan fingerprint density at radius 3 is 2.73 bits per heavy atom. The average molecular weight is 298 g/mol. The van der Waals surface area contributed by atoms with Crippen LogP contribution in [0.3, 0.4) is 0 Å². The number of hydrogen-bond donors (Lipinski definition) is 2. The Bertz CT molecular complexity index is 826. The third-order valence-corrected chi connectivity index (χ3v) is 3.48. The molecule has 0 radical (unpaired) electrons. The zero-order valence-electron chi connectivity index (χ0n) is 12.0. The number of nitrogen functional groups attached to an aromatic ring is 1. The summed E-state index contributed by atoms with van der Waals surface area (Å²) in [6.45, 7) is 1.74. The Labute approximate surface area is 126 Å². The van der Waals surface area contributed by atoms with Gasteiger partial charge in [-0.05, 0) is 49.4 Å². The van der Waals surface area contributed by atoms with Gasteiger partial charge in [-0.1, -0.05) is 0 Å². The van der Waals surface area contributed by atoms with Crippen molar-refractivity contribution in [2.45, 2.75) is 13.0 Å². The first-order chi connectivity index (χ1) is 10.5. The number of benzene rings is 2. The number of nitrogens with two attached hydrogens (primary N) is 1. The lowest BCUT2D eigenvalue weighted by Crippen LogP contribution is -2.24. The van der Waals surface area contributed by atoms with Crippen LogP contribution < -0.4 is 11.1 Å². The number of carbonyl (C=O) groups is 1. The molecule has 6 heteroatoms. The second-order valence-electron chi connectivity index (χ2n) is 5.08. The minimum Gasteiger partial charge on any atom is -0.399 e. The first-order valence-corrected chi connectivity index (χ1v) is 6.84. The molecule has 5 nitrogen and oxygen atoms in total. The second kappa shape index (κ2) is 5.48. The molecule has 0 bridgehead atoms. The lowest BCUT2D eigenvalue weighted by Gasteiger charge is -2.14. The van der Waals surface area contributed by atoms with Gasteiger partial charge in [-0.25, -0.2) is 4.39 Å². The molecular weight excluding hydrogens is 283 g/mol. The molecule has 0 spiro atoms. The van der Waals surface area contributed by atoms with Gasteiger partial charge < -0.3 is 11.1 Å². The van der Waals surface area contributed by atoms with Crippen molar-refractivity contribution in [3.63, 3.8) is 0 Å². The monoisotopic (exact) mass is 298 g/mol. The van der Waals surface area contributed by atoms with E-state index in [1.165, 1.54) is 24.3 Å². The Balaban J connectivity index is 1.85. The minimum atomic E-state index is -0.524. The summed E-state index contributed by atoms with van der Waals surface area (Å²) < 4.78 is 14.5. The smallest absolute Gasteiger partial charge is 0.248 e. The molecule has 112 valence electrons. The number of hydrogen-bond acceptors (Lipinski definition) is 3. The highest BCUT2D eigenvalue weighted by atomic mass is 19.1. The number of carbonyl (C=O) groups excluding carboxylic acids is 1. The molecule has 0 aliphatic carbocycles. The molecule has 22 heavy (non-hydrogen) atoms. The zero-order valence-corrected chi connectivity index (χ0v) is 12.0. The van der Waals surface area contributed by atoms with Crippen LogP contribution in [-0.2, 0) is 4.79 Å². The number of nitrogens with one attached hydrogen (secondary N) is 1. The summed E-state index contributed by atoms with van der Waals surface area (Å²) >= 11 is 0. The summed E-state index contributed by atoms with van der Waals surface area (Å²) in [7, 11) is 0. The Hall–Kier alpha value is -2.89. The molecule has 1 atom stereocenters. The molecule has 3 rings (SSSR count). The van der Waals surface area contributed by atoms with Crippen LogP contribution in [0.2, 0.25) is 0 Å². The van der Waals surface area contributed by atoms with Gasteiger partial charge in [0, 0.05) is 16.8 Å². The summed E-state index contributed by atoms with van der Waals surface area (Å²) in [6.07, 6.45) is 1.69. The van der Waals surface area contributed by atoms with Crippen LogP contribution in [0.5, 0.6) is 0 Å². The maximum absolute atomic E-state index is 12.9. The van der Waals surface area contributed by atoms with Crippen molar-refractivity contribution in [1.82, 2.24) is 9.78 Å². The predicted molar refractivity (Wildman–Crippen MR) is 83.9 cm³/mol. The van der Waals surface area contributed by atoms with E-state index in [-0.39, 0.29) is 11.7 Å². The van der Waals surface area contributed by atoms with Gasteiger partial charge in [-0.2, -0.15) is 5.10 Å². The highest BCUT2D eigenvalue weighted by molar-refractivity contribution is 5.94. The van der Waals surface area contributed by atoms with Crippen molar-refractivity contribution in [3.05, 3.63) is 54.5 Å². The van der Waals surface area contributed by atoms with E-state index in [2.05, 4.69) is 10.4 Å². The number of anilines is 2. The molecule has 1 amide bonds. The van der Waals surface area contributed by atoms with Crippen LogP contribution in [0.15, 0.2) is 48.7 Å². The fourth-order valence-corrected chi connectivity index (χ4v) is 2.25. The SMILES string of the molecule is CC(C(=O)Nc1ccc(F)cc1)n1ncc2ccc(N)cc21. The van der Waals surface area contributed by atoms with Gasteiger partial charge in [-0.3, -0.25) is 9.48 Å². The van der Waals surface area contributed by atoms with Gasteiger partial charge in [0.15, 0.2) is 0 Å². The summed E-state index contributed by atoms with van der Waals surface area (Å²) in [6, 6.07) is 10.5. The van der Waals surface area contributed by atoms with Gasteiger partial charge >= 0.3 is 0 Å². The number of nitrogens with zero attached hydrogens (tertiary/aromatic N) is 2. The van der Waals surface area contributed by atoms with Crippen LogP contribution in [0, 0.1) is 5.82 Å². The van der Waals surface area contributed by atoms with Gasteiger partial charge in [-0.15, -0.1) is 0 Å². The molecular formula is C16H15FN4O. The lowest BCUT2D eigenvalue weighted by molar-refractivity contribution is -0.118. The molecule has 1 heterocycles. The second-order valence-corrected chi connectivity index (χ2v) is 5.08. The van der Waals surface area contributed by atoms with Crippen LogP contribution >= 0.6 is 0 Å². The van der Waals surface area contributed by atoms with Gasteiger partial charge in [0.05, 0.1) is 11.7 Å². The van der Waals surface area contributed by atoms with Gasteiger partial charge in [0.25, 0.3) is 0 Å². The normalized spacial score (nSPS) is 12.3. The maximum atomic E-state index is 12.9. The number of halogens is 1. The van der Waals surface area contributed by atoms with E-state index in [9.17, 15) is 9.18 Å². The summed E-state index contributed by atoms with van der Waals surface area (Å²) in [5.41, 5.74) is 7.73. The fraction of sp³-hybridized carbons (Fsp3) is 0.125. The Kier molecular flexibility index (Phi) is 3.50. The topological polar surface area (TPSA) is 72.9 Å². The number of amides is 1. The standard InChI is InChI=1S/C16H15FN4O/c1-10(16(22)20-14-6-3-12(17)4-7-14)21-15-8-13(18)5-2-11(15)9-19-21/h2-10H,18H2,1H3,(H,20,22). The van der Waals surface area contributed by atoms with Crippen LogP contribution in [0.4, 0.5) is 15.8 Å². The summed E-state index contributed by atoms with van der Waals surface area (Å²) in [5.74, 6) is -0.585. The molecule has 0 fully saturated rings. The van der Waals surface area contributed by atoms with Crippen LogP contribution in [-0.4, -0.2) is 15.7 Å². The van der Waals surface area contributed by atoms with E-state index >= 15 is 0 Å². The molecule has 0 saturated carbocycles. The van der Waals surface area contributed by atoms with Crippen molar-refractivity contribution in [2.24, 2.45) is 0 Å². The van der Waals surface area contributed by atoms with E-state index in [1.54, 1.807) is 29.9 Å². The third-order valence-electron chi connectivity index (χ3n) is 3.48. The molecule has 0 aliphatic rings. The maximum Gasteiger partial charge on any atom is 0.248 e. The lowest BCUT2D eigenvalue weighted by atomic mass is 10.2. The first kappa shape index (κ1) is 14.1. The van der Waals surface area contributed by atoms with Crippen molar-refractivity contribution >= 4 is 28.2 Å². The van der Waals surface area contributed by atoms with Crippen molar-refractivity contribution in [3.8, 4) is 0 Å². The summed E-state index contributed by atoms with van der Waals surface area (Å²) in [4.78, 5) is 12.3. The van der Waals surface area contributed by atoms with Crippen LogP contribution in [0.25, 0.3) is 10.9 Å². The van der Waals surface area contributed by atoms with E-state index in [1.807, 2.05) is 6.07 Å². The van der Waals surface area contributed by atoms with E-state index in [0.29, 0.717) is 11.4 Å². The first-order valence-electron chi connectivity index (χ1n) is 6.84. The van der Waals surface area contributed by atoms with Crippen LogP contribution in [0.1, 0.15) is 13.0 Å². The zero-order chi connectivity index (χ0) is 15.7. The van der Waals surface area contributed by atoms with Crippen molar-refractivity contribution in [2.75, 3.05) is 11.1 Å². The van der Waals surface area contributed by atoms with E-state index in [4.69, 9.17) is 5.73 Å². The molecule has 3 N–H and O–H groups in total. The van der Waals surface area contributed by atoms with Gasteiger partial charge in [0.1, 0.15) is 11.9 Å². The van der Waals surface area contributed by atoms with E-state index < -0.39 is 6.04 Å². The number of rotatable bonds is 3. The number of aromatic nitrogens is 2. The van der Waals surface area contributed by atoms with Gasteiger partial charge in [0.2, 0.25) is 5.91 Å². The Morgan fingerprint density at radius 1 is 1.27 bits per heavy atom. The highest BCUT2D eigenvalue weighted by Crippen LogP contribution is 2.21.